The zero-order valence-corrected chi connectivity index (χ0v) is 13.4. The van der Waals surface area contributed by atoms with E-state index in [9.17, 15) is 4.79 Å². The van der Waals surface area contributed by atoms with Gasteiger partial charge in [0, 0.05) is 24.5 Å². The molecule has 2 atom stereocenters. The van der Waals surface area contributed by atoms with Crippen molar-refractivity contribution >= 4 is 17.2 Å². The summed E-state index contributed by atoms with van der Waals surface area (Å²) in [4.78, 5) is 22.8. The molecule has 0 unspecified atom stereocenters. The van der Waals surface area contributed by atoms with Gasteiger partial charge in [-0.1, -0.05) is 0 Å². The molecule has 21 heavy (non-hydrogen) atoms. The topological polar surface area (TPSA) is 36.4 Å². The molecular formula is C16H23N3OS. The van der Waals surface area contributed by atoms with Crippen molar-refractivity contribution in [1.82, 2.24) is 14.8 Å². The lowest BCUT2D eigenvalue weighted by molar-refractivity contribution is 0.0669. The van der Waals surface area contributed by atoms with Crippen LogP contribution in [0.3, 0.4) is 0 Å². The molecule has 0 aromatic carbocycles. The number of rotatable bonds is 3. The number of likely N-dealkylation sites (tertiary alicyclic amines) is 2. The average Bonchev–Trinajstić information content (AvgIpc) is 2.93. The fourth-order valence-corrected chi connectivity index (χ4v) is 4.96. The first kappa shape index (κ1) is 13.7. The fraction of sp³-hybridized carbons (Fsp3) is 0.750. The van der Waals surface area contributed by atoms with Crippen LogP contribution >= 0.6 is 11.3 Å². The maximum absolute atomic E-state index is 12.9. The van der Waals surface area contributed by atoms with Crippen LogP contribution in [0.4, 0.5) is 0 Å². The highest BCUT2D eigenvalue weighted by molar-refractivity contribution is 7.13. The number of carbonyl (C=O) groups excluding carboxylic acids is 1. The van der Waals surface area contributed by atoms with Gasteiger partial charge >= 0.3 is 0 Å². The van der Waals surface area contributed by atoms with Crippen LogP contribution in [-0.2, 0) is 0 Å². The van der Waals surface area contributed by atoms with Crippen LogP contribution in [0.5, 0.6) is 0 Å². The summed E-state index contributed by atoms with van der Waals surface area (Å²) in [6.45, 7) is 2.10. The fourth-order valence-electron chi connectivity index (χ4n) is 3.91. The maximum atomic E-state index is 12.9. The molecule has 1 aromatic heterocycles. The van der Waals surface area contributed by atoms with Gasteiger partial charge in [0.25, 0.3) is 5.91 Å². The minimum atomic E-state index is 0.224. The molecule has 5 heteroatoms. The monoisotopic (exact) mass is 305 g/mol. The molecule has 3 aliphatic rings. The molecule has 3 heterocycles. The molecule has 0 radical (unpaired) electrons. The predicted octanol–water partition coefficient (Wildman–Crippen LogP) is 2.72. The van der Waals surface area contributed by atoms with Gasteiger partial charge in [0.05, 0.1) is 11.2 Å². The normalized spacial score (nSPS) is 30.2. The first-order valence-corrected chi connectivity index (χ1v) is 9.02. The molecular weight excluding hydrogens is 282 g/mol. The zero-order valence-electron chi connectivity index (χ0n) is 12.6. The smallest absolute Gasteiger partial charge is 0.265 e. The third-order valence-electron chi connectivity index (χ3n) is 5.24. The minimum Gasteiger partial charge on any atom is -0.333 e. The molecule has 0 spiro atoms. The molecule has 0 N–H and O–H groups in total. The van der Waals surface area contributed by atoms with E-state index in [4.69, 9.17) is 0 Å². The third-order valence-corrected chi connectivity index (χ3v) is 6.39. The number of likely N-dealkylation sites (N-methyl/N-ethyl adjacent to an activating group) is 1. The minimum absolute atomic E-state index is 0.224. The van der Waals surface area contributed by atoms with Crippen molar-refractivity contribution in [1.29, 1.82) is 0 Å². The summed E-state index contributed by atoms with van der Waals surface area (Å²) in [6.07, 6.45) is 9.13. The Kier molecular flexibility index (Phi) is 3.50. The Morgan fingerprint density at radius 2 is 1.95 bits per heavy atom. The maximum Gasteiger partial charge on any atom is 0.265 e. The van der Waals surface area contributed by atoms with E-state index in [-0.39, 0.29) is 5.91 Å². The van der Waals surface area contributed by atoms with Gasteiger partial charge in [0.15, 0.2) is 0 Å². The van der Waals surface area contributed by atoms with Crippen molar-refractivity contribution in [3.63, 3.8) is 0 Å². The second-order valence-corrected chi connectivity index (χ2v) is 7.80. The van der Waals surface area contributed by atoms with E-state index in [1.54, 1.807) is 11.3 Å². The van der Waals surface area contributed by atoms with Gasteiger partial charge in [0.1, 0.15) is 4.88 Å². The lowest BCUT2D eigenvalue weighted by Gasteiger charge is -2.33. The first-order chi connectivity index (χ1) is 10.2. The Labute approximate surface area is 130 Å². The molecule has 1 aromatic rings. The van der Waals surface area contributed by atoms with Crippen LogP contribution in [0, 0.1) is 0 Å². The Bertz CT molecular complexity index is 539. The molecule has 2 saturated heterocycles. The highest BCUT2D eigenvalue weighted by Gasteiger charge is 2.39. The Balaban J connectivity index is 1.51. The molecule has 3 fully saturated rings. The summed E-state index contributed by atoms with van der Waals surface area (Å²) >= 11 is 1.63. The molecule has 1 aliphatic carbocycles. The van der Waals surface area contributed by atoms with E-state index in [0.717, 1.165) is 24.3 Å². The van der Waals surface area contributed by atoms with E-state index in [1.807, 2.05) is 6.20 Å². The summed E-state index contributed by atoms with van der Waals surface area (Å²) in [7, 11) is 2.20. The second kappa shape index (κ2) is 5.36. The molecule has 2 aliphatic heterocycles. The van der Waals surface area contributed by atoms with Gasteiger partial charge < -0.3 is 9.80 Å². The molecule has 0 bridgehead atoms. The van der Waals surface area contributed by atoms with Gasteiger partial charge in [-0.3, -0.25) is 4.79 Å². The van der Waals surface area contributed by atoms with Gasteiger partial charge in [-0.25, -0.2) is 4.98 Å². The van der Waals surface area contributed by atoms with E-state index >= 15 is 0 Å². The summed E-state index contributed by atoms with van der Waals surface area (Å²) in [5.74, 6) is 0.870. The number of hydrogen-bond donors (Lipinski definition) is 0. The average molecular weight is 305 g/mol. The van der Waals surface area contributed by atoms with E-state index < -0.39 is 0 Å². The summed E-state index contributed by atoms with van der Waals surface area (Å²) in [5.41, 5.74) is 0. The van der Waals surface area contributed by atoms with Crippen molar-refractivity contribution in [3.8, 4) is 0 Å². The summed E-state index contributed by atoms with van der Waals surface area (Å²) < 4.78 is 0. The predicted molar refractivity (Wildman–Crippen MR) is 83.8 cm³/mol. The van der Waals surface area contributed by atoms with Gasteiger partial charge in [-0.05, 0) is 52.1 Å². The van der Waals surface area contributed by atoms with E-state index in [2.05, 4.69) is 21.8 Å². The third kappa shape index (κ3) is 2.50. The van der Waals surface area contributed by atoms with Crippen LogP contribution < -0.4 is 0 Å². The van der Waals surface area contributed by atoms with Crippen LogP contribution in [-0.4, -0.2) is 52.9 Å². The highest BCUT2D eigenvalue weighted by Crippen LogP contribution is 2.42. The van der Waals surface area contributed by atoms with Crippen LogP contribution in [0.2, 0.25) is 0 Å². The number of hydrogen-bond acceptors (Lipinski definition) is 4. The molecule has 114 valence electrons. The lowest BCUT2D eigenvalue weighted by Crippen LogP contribution is -2.46. The Morgan fingerprint density at radius 3 is 2.67 bits per heavy atom. The summed E-state index contributed by atoms with van der Waals surface area (Å²) in [5, 5.41) is 1.17. The van der Waals surface area contributed by atoms with Crippen molar-refractivity contribution in [2.45, 2.75) is 56.5 Å². The van der Waals surface area contributed by atoms with Gasteiger partial charge in [0.2, 0.25) is 0 Å². The Morgan fingerprint density at radius 1 is 1.19 bits per heavy atom. The summed E-state index contributed by atoms with van der Waals surface area (Å²) in [6, 6.07) is 0.976. The second-order valence-electron chi connectivity index (χ2n) is 6.74. The van der Waals surface area contributed by atoms with Crippen LogP contribution in [0.25, 0.3) is 0 Å². The lowest BCUT2D eigenvalue weighted by atomic mass is 10.0. The quantitative estimate of drug-likeness (QED) is 0.861. The van der Waals surface area contributed by atoms with Crippen LogP contribution in [0.15, 0.2) is 6.20 Å². The van der Waals surface area contributed by atoms with Gasteiger partial charge in [-0.2, -0.15) is 0 Å². The highest BCUT2D eigenvalue weighted by atomic mass is 32.1. The number of nitrogens with zero attached hydrogens (tertiary/aromatic N) is 3. The van der Waals surface area contributed by atoms with Crippen molar-refractivity contribution in [3.05, 3.63) is 16.1 Å². The number of carbonyl (C=O) groups is 1. The standard InChI is InChI=1S/C16H23N3OS/c1-18-8-2-4-12(18)13-5-3-9-19(13)16(20)14-10-17-15(21-14)11-6-7-11/h10-13H,2-9H2,1H3/t12-,13-/m1/s1. The van der Waals surface area contributed by atoms with Crippen molar-refractivity contribution in [2.24, 2.45) is 0 Å². The molecule has 4 rings (SSSR count). The van der Waals surface area contributed by atoms with Crippen LogP contribution in [0.1, 0.15) is 59.1 Å². The van der Waals surface area contributed by atoms with Gasteiger partial charge in [-0.15, -0.1) is 11.3 Å². The number of aromatic nitrogens is 1. The molecule has 4 nitrogen and oxygen atoms in total. The molecule has 1 saturated carbocycles. The number of thiazole rings is 1. The van der Waals surface area contributed by atoms with Crippen molar-refractivity contribution in [2.75, 3.05) is 20.1 Å². The van der Waals surface area contributed by atoms with Crippen molar-refractivity contribution < 1.29 is 4.79 Å². The van der Waals surface area contributed by atoms with E-state index in [1.165, 1.54) is 37.2 Å². The number of amides is 1. The Hall–Kier alpha value is -0.940. The first-order valence-electron chi connectivity index (χ1n) is 8.21. The SMILES string of the molecule is CN1CCC[C@@H]1[C@H]1CCCN1C(=O)c1cnc(C2CC2)s1. The largest absolute Gasteiger partial charge is 0.333 e. The molecule has 1 amide bonds. The van der Waals surface area contributed by atoms with E-state index in [0.29, 0.717) is 18.0 Å². The zero-order chi connectivity index (χ0) is 14.4.